The Labute approximate surface area is 135 Å². The molecule has 1 aromatic carbocycles. The van der Waals surface area contributed by atoms with Gasteiger partial charge in [0.1, 0.15) is 16.9 Å². The molecule has 2 aromatic heterocycles. The number of esters is 1. The van der Waals surface area contributed by atoms with E-state index in [-0.39, 0.29) is 22.5 Å². The number of aryl methyl sites for hydroxylation is 1. The predicted octanol–water partition coefficient (Wildman–Crippen LogP) is 1.16. The number of ether oxygens (including phenoxy) is 1. The number of nitrogens with one attached hydrogen (secondary N) is 2. The normalized spacial score (nSPS) is 10.8. The van der Waals surface area contributed by atoms with Gasteiger partial charge in [0.2, 0.25) is 5.78 Å². The quantitative estimate of drug-likeness (QED) is 0.489. The fraction of sp³-hybridized carbons (Fsp3) is 0.125. The zero-order valence-corrected chi connectivity index (χ0v) is 13.0. The number of H-pyrrole nitrogens is 2. The minimum atomic E-state index is -0.793. The van der Waals surface area contributed by atoms with E-state index in [4.69, 9.17) is 10.5 Å². The third-order valence-corrected chi connectivity index (χ3v) is 3.73. The van der Waals surface area contributed by atoms with Gasteiger partial charge in [0.15, 0.2) is 0 Å². The maximum Gasteiger partial charge on any atom is 0.342 e. The summed E-state index contributed by atoms with van der Waals surface area (Å²) >= 11 is 0. The highest BCUT2D eigenvalue weighted by Gasteiger charge is 2.28. The highest BCUT2D eigenvalue weighted by molar-refractivity contribution is 6.22. The molecule has 0 aliphatic heterocycles. The first-order valence-electron chi connectivity index (χ1n) is 7.04. The number of anilines is 1. The Hall–Kier alpha value is -3.42. The first-order chi connectivity index (χ1) is 11.5. The number of fused-ring (bicyclic) bond motifs is 1. The molecule has 0 saturated heterocycles. The van der Waals surface area contributed by atoms with Gasteiger partial charge in [0, 0.05) is 11.1 Å². The number of pyridine rings is 1. The molecular formula is C16H14N4O4. The van der Waals surface area contributed by atoms with Gasteiger partial charge in [-0.25, -0.2) is 9.78 Å². The molecule has 2 heterocycles. The monoisotopic (exact) mass is 326 g/mol. The van der Waals surface area contributed by atoms with Crippen molar-refractivity contribution >= 4 is 28.5 Å². The molecule has 122 valence electrons. The number of carbonyl (C=O) groups is 2. The third-order valence-electron chi connectivity index (χ3n) is 3.73. The van der Waals surface area contributed by atoms with Crippen molar-refractivity contribution in [2.24, 2.45) is 0 Å². The van der Waals surface area contributed by atoms with Crippen molar-refractivity contribution in [2.75, 3.05) is 12.8 Å². The summed E-state index contributed by atoms with van der Waals surface area (Å²) in [4.78, 5) is 41.3. The second-order valence-electron chi connectivity index (χ2n) is 5.16. The lowest BCUT2D eigenvalue weighted by atomic mass is 9.95. The molecular weight excluding hydrogens is 312 g/mol. The van der Waals surface area contributed by atoms with E-state index in [0.717, 1.165) is 0 Å². The number of hydrogen-bond donors (Lipinski definition) is 3. The van der Waals surface area contributed by atoms with Crippen molar-refractivity contribution in [2.45, 2.75) is 6.92 Å². The van der Waals surface area contributed by atoms with E-state index in [2.05, 4.69) is 15.2 Å². The van der Waals surface area contributed by atoms with Crippen LogP contribution in [0.15, 0.2) is 29.1 Å². The van der Waals surface area contributed by atoms with Crippen molar-refractivity contribution in [1.82, 2.24) is 15.2 Å². The third kappa shape index (κ3) is 2.24. The van der Waals surface area contributed by atoms with Gasteiger partial charge in [0.25, 0.3) is 5.56 Å². The number of aromatic amines is 2. The lowest BCUT2D eigenvalue weighted by Crippen LogP contribution is -2.20. The van der Waals surface area contributed by atoms with Gasteiger partial charge in [-0.05, 0) is 13.0 Å². The molecule has 0 aliphatic carbocycles. The number of methoxy groups -OCH3 is 1. The van der Waals surface area contributed by atoms with Crippen LogP contribution in [-0.2, 0) is 4.74 Å². The molecule has 8 nitrogen and oxygen atoms in total. The van der Waals surface area contributed by atoms with Crippen LogP contribution in [0.25, 0.3) is 10.9 Å². The minimum Gasteiger partial charge on any atom is -0.465 e. The topological polar surface area (TPSA) is 131 Å². The number of rotatable bonds is 3. The number of hydrogen-bond acceptors (Lipinski definition) is 6. The molecule has 3 aromatic rings. The van der Waals surface area contributed by atoms with E-state index in [1.165, 1.54) is 7.11 Å². The second kappa shape index (κ2) is 5.65. The Balaban J connectivity index is 2.42. The molecule has 4 N–H and O–H groups in total. The number of para-hydroxylation sites is 1. The number of ketones is 1. The van der Waals surface area contributed by atoms with Crippen LogP contribution in [0.4, 0.5) is 5.82 Å². The van der Waals surface area contributed by atoms with Gasteiger partial charge in [-0.2, -0.15) is 0 Å². The summed E-state index contributed by atoms with van der Waals surface area (Å²) in [5.41, 5.74) is 5.86. The lowest BCUT2D eigenvalue weighted by Gasteiger charge is -2.12. The van der Waals surface area contributed by atoms with Crippen LogP contribution in [0.5, 0.6) is 0 Å². The first-order valence-corrected chi connectivity index (χ1v) is 7.04. The van der Waals surface area contributed by atoms with Gasteiger partial charge in [-0.3, -0.25) is 14.7 Å². The Morgan fingerprint density at radius 3 is 2.46 bits per heavy atom. The van der Waals surface area contributed by atoms with Crippen molar-refractivity contribution in [3.63, 3.8) is 0 Å². The van der Waals surface area contributed by atoms with Crippen molar-refractivity contribution < 1.29 is 14.3 Å². The molecule has 24 heavy (non-hydrogen) atoms. The zero-order valence-electron chi connectivity index (χ0n) is 13.0. The maximum atomic E-state index is 13.0. The average Bonchev–Trinajstić information content (AvgIpc) is 2.91. The second-order valence-corrected chi connectivity index (χ2v) is 5.16. The summed E-state index contributed by atoms with van der Waals surface area (Å²) in [5.74, 6) is -1.55. The molecule has 3 rings (SSSR count). The Morgan fingerprint density at radius 1 is 1.12 bits per heavy atom. The summed E-state index contributed by atoms with van der Waals surface area (Å²) < 4.78 is 4.73. The Kier molecular flexibility index (Phi) is 3.64. The molecule has 0 aliphatic rings. The standard InChI is InChI=1S/C16H14N4O4/c1-7-10(15(22)20-19-7)13(21)11-8-5-3-4-6-9(8)18-14(17)12(11)16(23)24-2/h3-6H,1-2H3,(H2,17,18)(H2,19,20,22). The van der Waals surface area contributed by atoms with Gasteiger partial charge in [-0.15, -0.1) is 0 Å². The fourth-order valence-electron chi connectivity index (χ4n) is 2.62. The average molecular weight is 326 g/mol. The van der Waals surface area contributed by atoms with Crippen LogP contribution in [-0.4, -0.2) is 34.0 Å². The van der Waals surface area contributed by atoms with Gasteiger partial charge >= 0.3 is 5.97 Å². The molecule has 0 bridgehead atoms. The maximum absolute atomic E-state index is 13.0. The number of nitrogens with two attached hydrogens (primary N) is 1. The van der Waals surface area contributed by atoms with Crippen LogP contribution >= 0.6 is 0 Å². The van der Waals surface area contributed by atoms with Crippen molar-refractivity contribution in [3.05, 3.63) is 57.0 Å². The number of nitrogens with zero attached hydrogens (tertiary/aromatic N) is 1. The summed E-state index contributed by atoms with van der Waals surface area (Å²) in [5, 5.41) is 5.35. The smallest absolute Gasteiger partial charge is 0.342 e. The van der Waals surface area contributed by atoms with Crippen LogP contribution in [0.3, 0.4) is 0 Å². The lowest BCUT2D eigenvalue weighted by molar-refractivity contribution is 0.0598. The van der Waals surface area contributed by atoms with Crippen LogP contribution in [0.1, 0.15) is 32.0 Å². The molecule has 0 radical (unpaired) electrons. The molecule has 0 fully saturated rings. The van der Waals surface area contributed by atoms with E-state index < -0.39 is 17.3 Å². The molecule has 0 spiro atoms. The van der Waals surface area contributed by atoms with E-state index in [1.807, 2.05) is 0 Å². The number of carbonyl (C=O) groups excluding carboxylic acids is 2. The summed E-state index contributed by atoms with van der Waals surface area (Å²) in [6, 6.07) is 6.73. The van der Waals surface area contributed by atoms with E-state index >= 15 is 0 Å². The zero-order chi connectivity index (χ0) is 17.4. The summed E-state index contributed by atoms with van der Waals surface area (Å²) in [6.07, 6.45) is 0. The Morgan fingerprint density at radius 2 is 1.83 bits per heavy atom. The number of nitrogen functional groups attached to an aromatic ring is 1. The van der Waals surface area contributed by atoms with E-state index in [0.29, 0.717) is 16.6 Å². The number of aromatic nitrogens is 3. The Bertz CT molecular complexity index is 1030. The van der Waals surface area contributed by atoms with Crippen molar-refractivity contribution in [3.8, 4) is 0 Å². The van der Waals surface area contributed by atoms with E-state index in [1.54, 1.807) is 31.2 Å². The highest BCUT2D eigenvalue weighted by Crippen LogP contribution is 2.28. The van der Waals surface area contributed by atoms with Crippen LogP contribution in [0, 0.1) is 6.92 Å². The molecule has 0 saturated carbocycles. The van der Waals surface area contributed by atoms with E-state index in [9.17, 15) is 14.4 Å². The predicted molar refractivity (Wildman–Crippen MR) is 87.1 cm³/mol. The van der Waals surface area contributed by atoms with Gasteiger partial charge in [-0.1, -0.05) is 18.2 Å². The van der Waals surface area contributed by atoms with Gasteiger partial charge < -0.3 is 15.6 Å². The van der Waals surface area contributed by atoms with Crippen LogP contribution in [0.2, 0.25) is 0 Å². The summed E-state index contributed by atoms with van der Waals surface area (Å²) in [7, 11) is 1.18. The SMILES string of the molecule is COC(=O)c1c(N)nc2ccccc2c1C(=O)c1c(C)[nH][nH]c1=O. The van der Waals surface area contributed by atoms with Gasteiger partial charge in [0.05, 0.1) is 18.2 Å². The summed E-state index contributed by atoms with van der Waals surface area (Å²) in [6.45, 7) is 1.58. The minimum absolute atomic E-state index is 0.00171. The van der Waals surface area contributed by atoms with Crippen LogP contribution < -0.4 is 11.3 Å². The number of benzene rings is 1. The molecule has 0 amide bonds. The molecule has 0 atom stereocenters. The highest BCUT2D eigenvalue weighted by atomic mass is 16.5. The molecule has 8 heteroatoms. The molecule has 0 unspecified atom stereocenters. The first kappa shape index (κ1) is 15.5. The fourth-order valence-corrected chi connectivity index (χ4v) is 2.62. The van der Waals surface area contributed by atoms with Crippen molar-refractivity contribution in [1.29, 1.82) is 0 Å². The largest absolute Gasteiger partial charge is 0.465 e.